The predicted molar refractivity (Wildman–Crippen MR) is 93.9 cm³/mol. The Hall–Kier alpha value is -1.36. The van der Waals surface area contributed by atoms with E-state index in [2.05, 4.69) is 19.1 Å². The van der Waals surface area contributed by atoms with E-state index in [1.165, 1.54) is 25.7 Å². The Morgan fingerprint density at radius 1 is 1.00 bits per heavy atom. The van der Waals surface area contributed by atoms with Crippen LogP contribution in [0.2, 0.25) is 0 Å². The van der Waals surface area contributed by atoms with Gasteiger partial charge in [0.2, 0.25) is 6.23 Å². The number of carbonyl (C=O) groups is 2. The minimum absolute atomic E-state index is 0.103. The number of quaternary nitrogens is 1. The number of carboxylic acid groups (broad SMARTS) is 1. The number of hydrogen-bond donors (Lipinski definition) is 0. The van der Waals surface area contributed by atoms with E-state index >= 15 is 0 Å². The van der Waals surface area contributed by atoms with Crippen LogP contribution >= 0.6 is 0 Å². The molecule has 0 saturated carbocycles. The highest BCUT2D eigenvalue weighted by atomic mass is 16.6. The molecule has 0 aromatic carbocycles. The number of allylic oxidation sites excluding steroid dienone is 2. The summed E-state index contributed by atoms with van der Waals surface area (Å²) in [6.07, 6.45) is 12.2. The number of carboxylic acids is 1. The molecular weight excluding hydrogens is 306 g/mol. The summed E-state index contributed by atoms with van der Waals surface area (Å²) >= 11 is 0. The molecule has 0 amide bonds. The fourth-order valence-corrected chi connectivity index (χ4v) is 2.35. The lowest BCUT2D eigenvalue weighted by molar-refractivity contribution is -0.917. The summed E-state index contributed by atoms with van der Waals surface area (Å²) in [5.41, 5.74) is 0. The molecule has 0 rings (SSSR count). The van der Waals surface area contributed by atoms with E-state index in [9.17, 15) is 14.7 Å². The van der Waals surface area contributed by atoms with Crippen molar-refractivity contribution >= 4 is 11.9 Å². The zero-order valence-corrected chi connectivity index (χ0v) is 15.9. The van der Waals surface area contributed by atoms with E-state index in [0.717, 1.165) is 19.3 Å². The number of aliphatic carboxylic acids is 1. The molecule has 0 aliphatic heterocycles. The molecule has 0 fully saturated rings. The van der Waals surface area contributed by atoms with Crippen LogP contribution in [0, 0.1) is 0 Å². The maximum Gasteiger partial charge on any atom is 0.310 e. The second kappa shape index (κ2) is 13.0. The van der Waals surface area contributed by atoms with Crippen LogP contribution in [-0.2, 0) is 14.3 Å². The monoisotopic (exact) mass is 341 g/mol. The molecule has 0 heterocycles. The molecule has 0 radical (unpaired) electrons. The number of hydrogen-bond acceptors (Lipinski definition) is 4. The van der Waals surface area contributed by atoms with Gasteiger partial charge in [0.15, 0.2) is 0 Å². The summed E-state index contributed by atoms with van der Waals surface area (Å²) in [6, 6.07) is 0. The normalized spacial score (nSPS) is 13.2. The van der Waals surface area contributed by atoms with Crippen LogP contribution in [0.25, 0.3) is 0 Å². The van der Waals surface area contributed by atoms with Crippen LogP contribution in [0.5, 0.6) is 0 Å². The maximum atomic E-state index is 11.9. The Labute approximate surface area is 147 Å². The van der Waals surface area contributed by atoms with Crippen molar-refractivity contribution in [2.75, 3.05) is 21.1 Å². The van der Waals surface area contributed by atoms with Gasteiger partial charge in [0, 0.05) is 18.8 Å². The van der Waals surface area contributed by atoms with Crippen molar-refractivity contribution in [3.05, 3.63) is 12.2 Å². The highest BCUT2D eigenvalue weighted by Gasteiger charge is 2.27. The van der Waals surface area contributed by atoms with Crippen molar-refractivity contribution < 1.29 is 23.9 Å². The summed E-state index contributed by atoms with van der Waals surface area (Å²) in [5.74, 6) is -1.38. The van der Waals surface area contributed by atoms with Crippen LogP contribution in [0.1, 0.15) is 71.1 Å². The average molecular weight is 341 g/mol. The van der Waals surface area contributed by atoms with Gasteiger partial charge in [-0.05, 0) is 32.1 Å². The zero-order valence-electron chi connectivity index (χ0n) is 15.9. The molecule has 0 aromatic heterocycles. The van der Waals surface area contributed by atoms with Gasteiger partial charge < -0.3 is 14.6 Å². The molecule has 24 heavy (non-hydrogen) atoms. The van der Waals surface area contributed by atoms with E-state index in [1.54, 1.807) is 0 Å². The van der Waals surface area contributed by atoms with Crippen molar-refractivity contribution in [1.29, 1.82) is 0 Å². The van der Waals surface area contributed by atoms with E-state index in [0.29, 0.717) is 10.9 Å². The molecule has 1 unspecified atom stereocenters. The number of rotatable bonds is 14. The minimum Gasteiger partial charge on any atom is -0.550 e. The summed E-state index contributed by atoms with van der Waals surface area (Å²) in [6.45, 7) is 2.20. The predicted octanol–water partition coefficient (Wildman–Crippen LogP) is 2.79. The van der Waals surface area contributed by atoms with Gasteiger partial charge in [0.25, 0.3) is 0 Å². The lowest BCUT2D eigenvalue weighted by Crippen LogP contribution is -2.48. The molecular formula is C19H35NO4. The number of nitrogens with zero attached hydrogens (tertiary/aromatic N) is 1. The standard InChI is InChI=1S/C19H35NO4/c1-5-6-7-8-9-10-11-12-13-14-19(23)24-17(20(2,3)4)15-16-18(21)22/h10-11,17H,5-9,12-16H2,1-4H3/b11-10-. The smallest absolute Gasteiger partial charge is 0.310 e. The Balaban J connectivity index is 3.96. The van der Waals surface area contributed by atoms with Crippen LogP contribution < -0.4 is 5.11 Å². The molecule has 140 valence electrons. The maximum absolute atomic E-state index is 11.9. The van der Waals surface area contributed by atoms with Crippen molar-refractivity contribution in [2.45, 2.75) is 77.4 Å². The van der Waals surface area contributed by atoms with Gasteiger partial charge in [-0.1, -0.05) is 38.3 Å². The third-order valence-electron chi connectivity index (χ3n) is 3.87. The molecule has 0 spiro atoms. The second-order valence-electron chi connectivity index (χ2n) is 7.18. The van der Waals surface area contributed by atoms with Gasteiger partial charge in [-0.25, -0.2) is 0 Å². The van der Waals surface area contributed by atoms with Crippen molar-refractivity contribution in [3.8, 4) is 0 Å². The molecule has 0 bridgehead atoms. The fraction of sp³-hybridized carbons (Fsp3) is 0.789. The van der Waals surface area contributed by atoms with E-state index in [4.69, 9.17) is 4.74 Å². The fourth-order valence-electron chi connectivity index (χ4n) is 2.35. The van der Waals surface area contributed by atoms with Crippen molar-refractivity contribution in [2.24, 2.45) is 0 Å². The number of unbranched alkanes of at least 4 members (excludes halogenated alkanes) is 5. The molecule has 0 N–H and O–H groups in total. The third-order valence-corrected chi connectivity index (χ3v) is 3.87. The first-order valence-corrected chi connectivity index (χ1v) is 9.12. The Kier molecular flexibility index (Phi) is 12.3. The zero-order chi connectivity index (χ0) is 18.4. The molecule has 0 aliphatic carbocycles. The van der Waals surface area contributed by atoms with Crippen LogP contribution in [0.3, 0.4) is 0 Å². The van der Waals surface area contributed by atoms with Crippen molar-refractivity contribution in [1.82, 2.24) is 0 Å². The van der Waals surface area contributed by atoms with Crippen LogP contribution in [0.15, 0.2) is 12.2 Å². The highest BCUT2D eigenvalue weighted by Crippen LogP contribution is 2.13. The Bertz CT molecular complexity index is 385. The first kappa shape index (κ1) is 22.6. The summed E-state index contributed by atoms with van der Waals surface area (Å²) in [7, 11) is 5.65. The third kappa shape index (κ3) is 13.1. The Morgan fingerprint density at radius 2 is 1.62 bits per heavy atom. The molecule has 0 saturated heterocycles. The average Bonchev–Trinajstić information content (AvgIpc) is 2.48. The summed E-state index contributed by atoms with van der Waals surface area (Å²) in [4.78, 5) is 22.5. The highest BCUT2D eigenvalue weighted by molar-refractivity contribution is 5.69. The molecule has 5 heteroatoms. The van der Waals surface area contributed by atoms with Gasteiger partial charge >= 0.3 is 5.97 Å². The first-order valence-electron chi connectivity index (χ1n) is 9.12. The van der Waals surface area contributed by atoms with Gasteiger partial charge in [-0.15, -0.1) is 0 Å². The van der Waals surface area contributed by atoms with Gasteiger partial charge in [0.1, 0.15) is 0 Å². The SMILES string of the molecule is CCCCCC/C=C\CCCC(=O)OC(CCC(=O)[O-])[N+](C)(C)C. The topological polar surface area (TPSA) is 66.4 Å². The van der Waals surface area contributed by atoms with Gasteiger partial charge in [-0.2, -0.15) is 0 Å². The van der Waals surface area contributed by atoms with Gasteiger partial charge in [-0.3, -0.25) is 9.28 Å². The first-order chi connectivity index (χ1) is 11.3. The van der Waals surface area contributed by atoms with Crippen LogP contribution in [0.4, 0.5) is 0 Å². The minimum atomic E-state index is -1.12. The van der Waals surface area contributed by atoms with Gasteiger partial charge in [0.05, 0.1) is 21.1 Å². The summed E-state index contributed by atoms with van der Waals surface area (Å²) in [5, 5.41) is 10.6. The summed E-state index contributed by atoms with van der Waals surface area (Å²) < 4.78 is 5.84. The quantitative estimate of drug-likeness (QED) is 0.160. The molecule has 0 aromatic rings. The number of carbonyl (C=O) groups excluding carboxylic acids is 2. The molecule has 0 aliphatic rings. The van der Waals surface area contributed by atoms with E-state index in [-0.39, 0.29) is 18.8 Å². The second-order valence-corrected chi connectivity index (χ2v) is 7.18. The lowest BCUT2D eigenvalue weighted by Gasteiger charge is -2.33. The Morgan fingerprint density at radius 3 is 2.17 bits per heavy atom. The largest absolute Gasteiger partial charge is 0.550 e. The molecule has 1 atom stereocenters. The lowest BCUT2D eigenvalue weighted by atomic mass is 10.1. The van der Waals surface area contributed by atoms with Crippen LogP contribution in [-0.4, -0.2) is 43.8 Å². The van der Waals surface area contributed by atoms with E-state index in [1.807, 2.05) is 21.1 Å². The van der Waals surface area contributed by atoms with Crippen molar-refractivity contribution in [3.63, 3.8) is 0 Å². The van der Waals surface area contributed by atoms with E-state index < -0.39 is 12.2 Å². The molecule has 5 nitrogen and oxygen atoms in total. The number of esters is 1. The number of ether oxygens (including phenoxy) is 1.